The highest BCUT2D eigenvalue weighted by Crippen LogP contribution is 2.22. The summed E-state index contributed by atoms with van der Waals surface area (Å²) in [6, 6.07) is 5.61. The minimum absolute atomic E-state index is 0. The molecule has 0 saturated heterocycles. The second-order valence-electron chi connectivity index (χ2n) is 2.67. The number of hydrogen-bond acceptors (Lipinski definition) is 1. The molecule has 0 radical (unpaired) electrons. The fraction of sp³-hybridized carbons (Fsp3) is 0.200. The van der Waals surface area contributed by atoms with E-state index >= 15 is 0 Å². The Hall–Kier alpha value is -0.210. The molecule has 78 valence electrons. The van der Waals surface area contributed by atoms with Gasteiger partial charge in [0.15, 0.2) is 0 Å². The van der Waals surface area contributed by atoms with E-state index in [0.29, 0.717) is 10.0 Å². The highest BCUT2D eigenvalue weighted by atomic mass is 35.5. The van der Waals surface area contributed by atoms with Gasteiger partial charge >= 0.3 is 0 Å². The lowest BCUT2D eigenvalue weighted by Crippen LogP contribution is -2.12. The molecule has 1 aromatic rings. The van der Waals surface area contributed by atoms with Crippen LogP contribution in [0.2, 0.25) is 10.0 Å². The number of halogens is 3. The molecule has 0 unspecified atom stereocenters. The smallest absolute Gasteiger partial charge is 0.0595 e. The third-order valence-electron chi connectivity index (χ3n) is 1.60. The highest BCUT2D eigenvalue weighted by Gasteiger charge is 1.98. The van der Waals surface area contributed by atoms with Gasteiger partial charge in [-0.15, -0.1) is 19.0 Å². The summed E-state index contributed by atoms with van der Waals surface area (Å²) < 4.78 is 0. The van der Waals surface area contributed by atoms with E-state index in [4.69, 9.17) is 23.2 Å². The minimum atomic E-state index is 0. The highest BCUT2D eigenvalue weighted by molar-refractivity contribution is 6.42. The zero-order valence-electron chi connectivity index (χ0n) is 7.59. The van der Waals surface area contributed by atoms with Crippen LogP contribution in [-0.4, -0.2) is 6.54 Å². The molecule has 0 aliphatic rings. The number of hydrogen-bond donors (Lipinski definition) is 1. The molecule has 14 heavy (non-hydrogen) atoms. The van der Waals surface area contributed by atoms with Crippen molar-refractivity contribution in [2.75, 3.05) is 6.54 Å². The monoisotopic (exact) mass is 251 g/mol. The SMILES string of the molecule is C=CCNCc1ccc(Cl)c(Cl)c1.Cl. The molecule has 0 atom stereocenters. The zero-order valence-corrected chi connectivity index (χ0v) is 9.92. The lowest BCUT2D eigenvalue weighted by molar-refractivity contribution is 0.760. The maximum absolute atomic E-state index is 5.85. The fourth-order valence-electron chi connectivity index (χ4n) is 0.968. The van der Waals surface area contributed by atoms with Gasteiger partial charge < -0.3 is 5.32 Å². The van der Waals surface area contributed by atoms with Gasteiger partial charge in [0.05, 0.1) is 10.0 Å². The third-order valence-corrected chi connectivity index (χ3v) is 2.34. The Bertz CT molecular complexity index is 299. The van der Waals surface area contributed by atoms with E-state index in [2.05, 4.69) is 11.9 Å². The van der Waals surface area contributed by atoms with Crippen molar-refractivity contribution in [1.82, 2.24) is 5.32 Å². The third kappa shape index (κ3) is 4.34. The summed E-state index contributed by atoms with van der Waals surface area (Å²) in [6.45, 7) is 5.19. The molecule has 0 aliphatic heterocycles. The van der Waals surface area contributed by atoms with Gasteiger partial charge in [0.2, 0.25) is 0 Å². The van der Waals surface area contributed by atoms with Crippen LogP contribution in [0, 0.1) is 0 Å². The molecule has 0 saturated carbocycles. The van der Waals surface area contributed by atoms with E-state index in [1.165, 1.54) is 0 Å². The molecule has 1 N–H and O–H groups in total. The van der Waals surface area contributed by atoms with E-state index in [-0.39, 0.29) is 12.4 Å². The molecule has 4 heteroatoms. The Kier molecular flexibility index (Phi) is 7.02. The summed E-state index contributed by atoms with van der Waals surface area (Å²) in [4.78, 5) is 0. The molecule has 0 amide bonds. The van der Waals surface area contributed by atoms with Crippen molar-refractivity contribution in [3.63, 3.8) is 0 Å². The topological polar surface area (TPSA) is 12.0 Å². The first kappa shape index (κ1) is 13.8. The molecule has 0 bridgehead atoms. The van der Waals surface area contributed by atoms with Gasteiger partial charge in [-0.25, -0.2) is 0 Å². The Morgan fingerprint density at radius 3 is 2.57 bits per heavy atom. The van der Waals surface area contributed by atoms with Crippen molar-refractivity contribution in [3.8, 4) is 0 Å². The van der Waals surface area contributed by atoms with Gasteiger partial charge in [-0.2, -0.15) is 0 Å². The van der Waals surface area contributed by atoms with E-state index < -0.39 is 0 Å². The van der Waals surface area contributed by atoms with Crippen LogP contribution < -0.4 is 5.32 Å². The maximum Gasteiger partial charge on any atom is 0.0595 e. The van der Waals surface area contributed by atoms with Crippen molar-refractivity contribution in [2.24, 2.45) is 0 Å². The predicted molar refractivity (Wildman–Crippen MR) is 65.6 cm³/mol. The van der Waals surface area contributed by atoms with Gasteiger partial charge in [0.1, 0.15) is 0 Å². The maximum atomic E-state index is 5.85. The van der Waals surface area contributed by atoms with Crippen molar-refractivity contribution < 1.29 is 0 Å². The Balaban J connectivity index is 0.00000169. The second-order valence-corrected chi connectivity index (χ2v) is 3.48. The van der Waals surface area contributed by atoms with Crippen molar-refractivity contribution >= 4 is 35.6 Å². The average molecular weight is 253 g/mol. The van der Waals surface area contributed by atoms with E-state index in [9.17, 15) is 0 Å². The van der Waals surface area contributed by atoms with E-state index in [1.54, 1.807) is 6.07 Å². The number of nitrogens with one attached hydrogen (secondary N) is 1. The predicted octanol–water partition coefficient (Wildman–Crippen LogP) is 3.69. The first-order valence-electron chi connectivity index (χ1n) is 3.99. The van der Waals surface area contributed by atoms with Crippen LogP contribution in [0.1, 0.15) is 5.56 Å². The van der Waals surface area contributed by atoms with Crippen LogP contribution in [0.4, 0.5) is 0 Å². The lowest BCUT2D eigenvalue weighted by Gasteiger charge is -2.03. The summed E-state index contributed by atoms with van der Waals surface area (Å²) in [5.41, 5.74) is 1.12. The van der Waals surface area contributed by atoms with Gasteiger partial charge in [-0.05, 0) is 17.7 Å². The van der Waals surface area contributed by atoms with Gasteiger partial charge in [-0.3, -0.25) is 0 Å². The summed E-state index contributed by atoms with van der Waals surface area (Å²) in [6.07, 6.45) is 1.82. The summed E-state index contributed by atoms with van der Waals surface area (Å²) in [7, 11) is 0. The molecular formula is C10H12Cl3N. The van der Waals surface area contributed by atoms with Crippen LogP contribution in [0.3, 0.4) is 0 Å². The fourth-order valence-corrected chi connectivity index (χ4v) is 1.29. The second kappa shape index (κ2) is 7.13. The Morgan fingerprint density at radius 2 is 2.00 bits per heavy atom. The quantitative estimate of drug-likeness (QED) is 0.636. The van der Waals surface area contributed by atoms with Crippen LogP contribution >= 0.6 is 35.6 Å². The standard InChI is InChI=1S/C10H11Cl2N.ClH/c1-2-5-13-7-8-3-4-9(11)10(12)6-8;/h2-4,6,13H,1,5,7H2;1H. The van der Waals surface area contributed by atoms with E-state index in [1.807, 2.05) is 18.2 Å². The molecule has 1 rings (SSSR count). The largest absolute Gasteiger partial charge is 0.309 e. The van der Waals surface area contributed by atoms with Gasteiger partial charge in [0.25, 0.3) is 0 Å². The summed E-state index contributed by atoms with van der Waals surface area (Å²) >= 11 is 11.6. The number of rotatable bonds is 4. The van der Waals surface area contributed by atoms with E-state index in [0.717, 1.165) is 18.7 Å². The summed E-state index contributed by atoms with van der Waals surface area (Å²) in [5.74, 6) is 0. The first-order chi connectivity index (χ1) is 6.24. The Labute approximate surface area is 101 Å². The van der Waals surface area contributed by atoms with Gasteiger partial charge in [-0.1, -0.05) is 35.3 Å². The average Bonchev–Trinajstić information content (AvgIpc) is 2.12. The molecule has 0 aromatic heterocycles. The number of benzene rings is 1. The molecule has 1 nitrogen and oxygen atoms in total. The van der Waals surface area contributed by atoms with Gasteiger partial charge in [0, 0.05) is 13.1 Å². The molecule has 0 heterocycles. The van der Waals surface area contributed by atoms with Crippen LogP contribution in [0.25, 0.3) is 0 Å². The Morgan fingerprint density at radius 1 is 1.29 bits per heavy atom. The molecule has 0 fully saturated rings. The molecule has 1 aromatic carbocycles. The van der Waals surface area contributed by atoms with Crippen molar-refractivity contribution in [3.05, 3.63) is 46.5 Å². The van der Waals surface area contributed by atoms with Crippen LogP contribution in [0.5, 0.6) is 0 Å². The normalized spacial score (nSPS) is 9.29. The lowest BCUT2D eigenvalue weighted by atomic mass is 10.2. The molecule has 0 aliphatic carbocycles. The zero-order chi connectivity index (χ0) is 9.68. The summed E-state index contributed by atoms with van der Waals surface area (Å²) in [5, 5.41) is 4.37. The van der Waals surface area contributed by atoms with Crippen LogP contribution in [-0.2, 0) is 6.54 Å². The first-order valence-corrected chi connectivity index (χ1v) is 4.75. The molecule has 0 spiro atoms. The van der Waals surface area contributed by atoms with Crippen molar-refractivity contribution in [1.29, 1.82) is 0 Å². The van der Waals surface area contributed by atoms with Crippen LogP contribution in [0.15, 0.2) is 30.9 Å². The molecular weight excluding hydrogens is 240 g/mol. The minimum Gasteiger partial charge on any atom is -0.309 e. The van der Waals surface area contributed by atoms with Crippen molar-refractivity contribution in [2.45, 2.75) is 6.54 Å².